The number of nitro groups is 1. The lowest BCUT2D eigenvalue weighted by Gasteiger charge is -2.08. The Morgan fingerprint density at radius 2 is 1.67 bits per heavy atom. The van der Waals surface area contributed by atoms with Crippen molar-refractivity contribution >= 4 is 16.7 Å². The van der Waals surface area contributed by atoms with Gasteiger partial charge in [-0.3, -0.25) is 10.1 Å². The molecule has 1 aromatic heterocycles. The third-order valence-electron chi connectivity index (χ3n) is 4.19. The van der Waals surface area contributed by atoms with E-state index in [0.29, 0.717) is 22.5 Å². The molecule has 4 aromatic rings. The van der Waals surface area contributed by atoms with E-state index in [1.54, 1.807) is 24.3 Å². The van der Waals surface area contributed by atoms with Gasteiger partial charge in [0.1, 0.15) is 23.7 Å². The lowest BCUT2D eigenvalue weighted by atomic mass is 10.1. The van der Waals surface area contributed by atoms with Gasteiger partial charge in [0.15, 0.2) is 0 Å². The average Bonchev–Trinajstić information content (AvgIpc) is 3.10. The van der Waals surface area contributed by atoms with Crippen LogP contribution in [0.2, 0.25) is 0 Å². The van der Waals surface area contributed by atoms with Crippen molar-refractivity contribution in [1.29, 1.82) is 0 Å². The second-order valence-corrected chi connectivity index (χ2v) is 5.98. The van der Waals surface area contributed by atoms with Gasteiger partial charge in [0.25, 0.3) is 0 Å². The second-order valence-electron chi connectivity index (χ2n) is 5.98. The van der Waals surface area contributed by atoms with Crippen LogP contribution in [0.5, 0.6) is 11.5 Å². The molecule has 0 spiro atoms. The van der Waals surface area contributed by atoms with Crippen LogP contribution < -0.4 is 4.74 Å². The van der Waals surface area contributed by atoms with E-state index in [9.17, 15) is 15.2 Å². The van der Waals surface area contributed by atoms with Crippen molar-refractivity contribution < 1.29 is 19.2 Å². The summed E-state index contributed by atoms with van der Waals surface area (Å²) >= 11 is 0. The minimum Gasteiger partial charge on any atom is -0.458 e. The van der Waals surface area contributed by atoms with E-state index in [4.69, 9.17) is 9.15 Å². The van der Waals surface area contributed by atoms with Gasteiger partial charge in [0, 0.05) is 5.39 Å². The summed E-state index contributed by atoms with van der Waals surface area (Å²) in [4.78, 5) is 10.9. The van der Waals surface area contributed by atoms with Crippen LogP contribution in [0, 0.1) is 10.1 Å². The second kappa shape index (κ2) is 6.93. The molecule has 0 saturated heterocycles. The van der Waals surface area contributed by atoms with E-state index >= 15 is 0 Å². The zero-order valence-corrected chi connectivity index (χ0v) is 14.2. The van der Waals surface area contributed by atoms with Crippen molar-refractivity contribution in [2.45, 2.75) is 6.61 Å². The lowest BCUT2D eigenvalue weighted by molar-refractivity contribution is -0.385. The van der Waals surface area contributed by atoms with Crippen LogP contribution in [0.25, 0.3) is 22.1 Å². The van der Waals surface area contributed by atoms with E-state index < -0.39 is 4.92 Å². The number of fused-ring (bicyclic) bond motifs is 1. The quantitative estimate of drug-likeness (QED) is 0.385. The number of aliphatic hydroxyl groups excluding tert-OH is 1. The molecular formula is C21H15NO5. The molecule has 6 nitrogen and oxygen atoms in total. The summed E-state index contributed by atoms with van der Waals surface area (Å²) in [5.41, 5.74) is 2.23. The van der Waals surface area contributed by atoms with Crippen LogP contribution in [0.15, 0.2) is 77.2 Å². The highest BCUT2D eigenvalue weighted by Crippen LogP contribution is 2.37. The molecule has 0 aliphatic carbocycles. The number of furan rings is 1. The summed E-state index contributed by atoms with van der Waals surface area (Å²) in [6.07, 6.45) is 0. The van der Waals surface area contributed by atoms with Gasteiger partial charge in [0.2, 0.25) is 5.75 Å². The van der Waals surface area contributed by atoms with Crippen LogP contribution in [-0.4, -0.2) is 10.0 Å². The van der Waals surface area contributed by atoms with Crippen molar-refractivity contribution in [2.24, 2.45) is 0 Å². The number of nitrogens with zero attached hydrogens (tertiary/aromatic N) is 1. The van der Waals surface area contributed by atoms with Crippen LogP contribution in [0.4, 0.5) is 5.69 Å². The monoisotopic (exact) mass is 361 g/mol. The zero-order chi connectivity index (χ0) is 18.8. The lowest BCUT2D eigenvalue weighted by Crippen LogP contribution is -1.93. The molecule has 0 fully saturated rings. The normalized spacial score (nSPS) is 10.9. The molecule has 0 amide bonds. The van der Waals surface area contributed by atoms with E-state index in [1.807, 2.05) is 42.5 Å². The Balaban J connectivity index is 1.67. The molecule has 4 rings (SSSR count). The first-order valence-electron chi connectivity index (χ1n) is 8.29. The van der Waals surface area contributed by atoms with Gasteiger partial charge in [-0.1, -0.05) is 42.5 Å². The third-order valence-corrected chi connectivity index (χ3v) is 4.19. The van der Waals surface area contributed by atoms with Gasteiger partial charge in [-0.25, -0.2) is 0 Å². The maximum Gasteiger partial charge on any atom is 0.315 e. The van der Waals surface area contributed by atoms with Gasteiger partial charge >= 0.3 is 5.69 Å². The number of nitro benzene ring substituents is 1. The summed E-state index contributed by atoms with van der Waals surface area (Å²) < 4.78 is 11.1. The fraction of sp³-hybridized carbons (Fsp3) is 0.0476. The van der Waals surface area contributed by atoms with E-state index in [0.717, 1.165) is 11.1 Å². The maximum absolute atomic E-state index is 11.4. The van der Waals surface area contributed by atoms with Gasteiger partial charge in [-0.15, -0.1) is 0 Å². The van der Waals surface area contributed by atoms with Crippen molar-refractivity contribution in [3.63, 3.8) is 0 Å². The molecule has 1 heterocycles. The Morgan fingerprint density at radius 3 is 2.33 bits per heavy atom. The molecule has 0 aliphatic rings. The molecule has 27 heavy (non-hydrogen) atoms. The molecule has 6 heteroatoms. The van der Waals surface area contributed by atoms with Crippen molar-refractivity contribution in [3.05, 3.63) is 88.7 Å². The minimum absolute atomic E-state index is 0.116. The number of aliphatic hydroxyl groups is 1. The molecule has 0 saturated carbocycles. The summed E-state index contributed by atoms with van der Waals surface area (Å²) in [6, 6.07) is 21.7. The first-order valence-corrected chi connectivity index (χ1v) is 8.29. The van der Waals surface area contributed by atoms with Crippen LogP contribution in [-0.2, 0) is 6.61 Å². The third kappa shape index (κ3) is 3.38. The minimum atomic E-state index is -0.520. The van der Waals surface area contributed by atoms with Gasteiger partial charge < -0.3 is 14.3 Å². The summed E-state index contributed by atoms with van der Waals surface area (Å²) in [7, 11) is 0. The predicted octanol–water partition coefficient (Wildman–Crippen LogP) is 5.29. The van der Waals surface area contributed by atoms with Crippen LogP contribution in [0.1, 0.15) is 5.76 Å². The number of ether oxygens (including phenoxy) is 1. The highest BCUT2D eigenvalue weighted by Gasteiger charge is 2.19. The number of hydrogen-bond donors (Lipinski definition) is 1. The van der Waals surface area contributed by atoms with Crippen molar-refractivity contribution in [1.82, 2.24) is 0 Å². The summed E-state index contributed by atoms with van der Waals surface area (Å²) in [5, 5.41) is 21.2. The Labute approximate surface area is 154 Å². The Hall–Kier alpha value is -3.64. The SMILES string of the molecule is O=[N+]([O-])c1cc2oc(CO)cc2cc1Oc1ccc(-c2ccccc2)cc1. The van der Waals surface area contributed by atoms with E-state index in [1.165, 1.54) is 6.07 Å². The highest BCUT2D eigenvalue weighted by atomic mass is 16.6. The first kappa shape index (κ1) is 16.8. The average molecular weight is 361 g/mol. The predicted molar refractivity (Wildman–Crippen MR) is 101 cm³/mol. The fourth-order valence-corrected chi connectivity index (χ4v) is 2.89. The standard InChI is InChI=1S/C21H15NO5/c23-13-18-10-16-11-21(19(22(24)25)12-20(16)27-18)26-17-8-6-15(7-9-17)14-4-2-1-3-5-14/h1-12,23H,13H2. The zero-order valence-electron chi connectivity index (χ0n) is 14.2. The molecular weight excluding hydrogens is 346 g/mol. The van der Waals surface area contributed by atoms with Crippen LogP contribution >= 0.6 is 0 Å². The molecule has 3 aromatic carbocycles. The Morgan fingerprint density at radius 1 is 0.963 bits per heavy atom. The summed E-state index contributed by atoms with van der Waals surface area (Å²) in [6.45, 7) is -0.278. The number of rotatable bonds is 5. The van der Waals surface area contributed by atoms with E-state index in [2.05, 4.69) is 0 Å². The largest absolute Gasteiger partial charge is 0.458 e. The maximum atomic E-state index is 11.4. The Bertz CT molecular complexity index is 1100. The molecule has 0 atom stereocenters. The number of benzene rings is 3. The van der Waals surface area contributed by atoms with Crippen molar-refractivity contribution in [2.75, 3.05) is 0 Å². The highest BCUT2D eigenvalue weighted by molar-refractivity contribution is 5.83. The van der Waals surface area contributed by atoms with E-state index in [-0.39, 0.29) is 18.0 Å². The topological polar surface area (TPSA) is 85.7 Å². The molecule has 1 N–H and O–H groups in total. The van der Waals surface area contributed by atoms with Gasteiger partial charge in [-0.2, -0.15) is 0 Å². The molecule has 0 radical (unpaired) electrons. The van der Waals surface area contributed by atoms with Crippen LogP contribution in [0.3, 0.4) is 0 Å². The first-order chi connectivity index (χ1) is 13.1. The van der Waals surface area contributed by atoms with Gasteiger partial charge in [-0.05, 0) is 35.4 Å². The van der Waals surface area contributed by atoms with Gasteiger partial charge in [0.05, 0.1) is 11.0 Å². The summed E-state index contributed by atoms with van der Waals surface area (Å²) in [5.74, 6) is 0.942. The molecule has 0 bridgehead atoms. The molecule has 134 valence electrons. The Kier molecular flexibility index (Phi) is 4.32. The number of hydrogen-bond acceptors (Lipinski definition) is 5. The smallest absolute Gasteiger partial charge is 0.315 e. The van der Waals surface area contributed by atoms with Crippen molar-refractivity contribution in [3.8, 4) is 22.6 Å². The molecule has 0 unspecified atom stereocenters. The molecule has 0 aliphatic heterocycles. The fourth-order valence-electron chi connectivity index (χ4n) is 2.89.